The summed E-state index contributed by atoms with van der Waals surface area (Å²) in [7, 11) is 0. The van der Waals surface area contributed by atoms with E-state index in [-0.39, 0.29) is 18.0 Å². The molecule has 1 aliphatic heterocycles. The molecule has 0 atom stereocenters. The number of ketones is 2. The summed E-state index contributed by atoms with van der Waals surface area (Å²) in [5.74, 6) is 0.700. The summed E-state index contributed by atoms with van der Waals surface area (Å²) < 4.78 is 17.5. The second-order valence-corrected chi connectivity index (χ2v) is 9.71. The smallest absolute Gasteiger partial charge is 0.163 e. The fraction of sp³-hybridized carbons (Fsp3) is 0.242. The summed E-state index contributed by atoms with van der Waals surface area (Å²) in [4.78, 5) is 34.8. The number of hydrogen-bond donors (Lipinski definition) is 1. The lowest BCUT2D eigenvalue weighted by atomic mass is 10.1. The summed E-state index contributed by atoms with van der Waals surface area (Å²) >= 11 is 0. The number of aromatic nitrogens is 2. The predicted octanol–water partition coefficient (Wildman–Crippen LogP) is 5.11. The van der Waals surface area contributed by atoms with E-state index in [9.17, 15) is 9.59 Å². The van der Waals surface area contributed by atoms with E-state index < -0.39 is 0 Å². The maximum absolute atomic E-state index is 12.6. The minimum atomic E-state index is -0.283. The highest BCUT2D eigenvalue weighted by Gasteiger charge is 2.12. The average Bonchev–Trinajstić information content (AvgIpc) is 3.48. The van der Waals surface area contributed by atoms with Gasteiger partial charge in [0, 0.05) is 49.2 Å². The van der Waals surface area contributed by atoms with E-state index >= 15 is 0 Å². The highest BCUT2D eigenvalue weighted by Crippen LogP contribution is 2.27. The fourth-order valence-corrected chi connectivity index (χ4v) is 4.45. The van der Waals surface area contributed by atoms with Crippen molar-refractivity contribution in [2.75, 3.05) is 39.5 Å². The maximum Gasteiger partial charge on any atom is 0.163 e. The third kappa shape index (κ3) is 8.48. The quantitative estimate of drug-likeness (QED) is 0.182. The van der Waals surface area contributed by atoms with Crippen LogP contribution in [0.5, 0.6) is 11.5 Å². The van der Waals surface area contributed by atoms with Crippen molar-refractivity contribution in [2.24, 2.45) is 0 Å². The number of hydrogen-bond acceptors (Lipinski definition) is 7. The van der Waals surface area contributed by atoms with Gasteiger partial charge < -0.3 is 19.2 Å². The van der Waals surface area contributed by atoms with Crippen LogP contribution >= 0.6 is 0 Å². The van der Waals surface area contributed by atoms with Gasteiger partial charge in [0.15, 0.2) is 11.6 Å². The highest BCUT2D eigenvalue weighted by molar-refractivity contribution is 6.11. The van der Waals surface area contributed by atoms with Crippen LogP contribution in [-0.4, -0.2) is 65.9 Å². The molecular weight excluding hydrogens is 518 g/mol. The average molecular weight is 552 g/mol. The van der Waals surface area contributed by atoms with Crippen molar-refractivity contribution in [3.63, 3.8) is 0 Å². The number of morpholine rings is 1. The number of nitrogens with zero attached hydrogens (tertiary/aromatic N) is 2. The molecule has 1 saturated heterocycles. The zero-order valence-corrected chi connectivity index (χ0v) is 22.8. The molecule has 1 fully saturated rings. The van der Waals surface area contributed by atoms with Crippen LogP contribution in [0.4, 0.5) is 0 Å². The Balaban J connectivity index is 1.20. The standard InChI is InChI=1S/C33H33N3O5/c37-29(9-5-25-4-6-26-12-14-35-32(26)21-25)22-30(38)10-7-27-8-11-31(41-24-28-3-1-2-13-34-28)23-33(27)40-20-17-36-15-18-39-19-16-36/h1-14,21,23,35H,15-20,22,24H2/b9-5+,10-7+. The van der Waals surface area contributed by atoms with Crippen LogP contribution in [0.3, 0.4) is 0 Å². The maximum atomic E-state index is 12.6. The topological polar surface area (TPSA) is 93.8 Å². The van der Waals surface area contributed by atoms with Crippen LogP contribution in [0.1, 0.15) is 23.2 Å². The summed E-state index contributed by atoms with van der Waals surface area (Å²) in [5.41, 5.74) is 3.43. The number of carbonyl (C=O) groups is 2. The molecule has 1 N–H and O–H groups in total. The zero-order valence-electron chi connectivity index (χ0n) is 22.8. The van der Waals surface area contributed by atoms with E-state index in [0.717, 1.165) is 60.6 Å². The number of fused-ring (bicyclic) bond motifs is 1. The number of H-pyrrole nitrogens is 1. The molecule has 0 radical (unpaired) electrons. The zero-order chi connectivity index (χ0) is 28.3. The van der Waals surface area contributed by atoms with Crippen LogP contribution in [0, 0.1) is 0 Å². The normalized spacial score (nSPS) is 14.1. The molecule has 0 spiro atoms. The highest BCUT2D eigenvalue weighted by atomic mass is 16.5. The fourth-order valence-electron chi connectivity index (χ4n) is 4.45. The van der Waals surface area contributed by atoms with Gasteiger partial charge in [-0.1, -0.05) is 24.3 Å². The monoisotopic (exact) mass is 551 g/mol. The van der Waals surface area contributed by atoms with Gasteiger partial charge in [0.05, 0.1) is 25.3 Å². The SMILES string of the molecule is O=C(/C=C/c1ccc2cc[nH]c2c1)CC(=O)/C=C/c1ccc(OCc2ccccn2)cc1OCCN1CCOCC1. The summed E-state index contributed by atoms with van der Waals surface area (Å²) in [6.45, 7) is 4.78. The van der Waals surface area contributed by atoms with Crippen molar-refractivity contribution in [3.05, 3.63) is 102 Å². The van der Waals surface area contributed by atoms with Crippen LogP contribution in [-0.2, 0) is 20.9 Å². The summed E-state index contributed by atoms with van der Waals surface area (Å²) in [5, 5.41) is 1.10. The first-order valence-corrected chi connectivity index (χ1v) is 13.7. The Morgan fingerprint density at radius 1 is 0.951 bits per heavy atom. The Morgan fingerprint density at radius 2 is 1.80 bits per heavy atom. The number of pyridine rings is 1. The lowest BCUT2D eigenvalue weighted by Gasteiger charge is -2.26. The van der Waals surface area contributed by atoms with Crippen LogP contribution in [0.15, 0.2) is 85.2 Å². The van der Waals surface area contributed by atoms with E-state index in [1.165, 1.54) is 12.2 Å². The van der Waals surface area contributed by atoms with Crippen LogP contribution in [0.25, 0.3) is 23.1 Å². The number of benzene rings is 2. The van der Waals surface area contributed by atoms with E-state index in [1.54, 1.807) is 18.3 Å². The molecule has 8 heteroatoms. The molecule has 0 aliphatic carbocycles. The molecule has 41 heavy (non-hydrogen) atoms. The molecule has 0 unspecified atom stereocenters. The van der Waals surface area contributed by atoms with Crippen LogP contribution in [0.2, 0.25) is 0 Å². The first kappa shape index (κ1) is 28.0. The van der Waals surface area contributed by atoms with Gasteiger partial charge in [0.25, 0.3) is 0 Å². The molecule has 0 bridgehead atoms. The Bertz CT molecular complexity index is 1520. The molecule has 1 aliphatic rings. The van der Waals surface area contributed by atoms with Crippen molar-refractivity contribution in [3.8, 4) is 11.5 Å². The molecule has 2 aromatic heterocycles. The first-order valence-electron chi connectivity index (χ1n) is 13.7. The van der Waals surface area contributed by atoms with E-state index in [4.69, 9.17) is 14.2 Å². The minimum Gasteiger partial charge on any atom is -0.491 e. The van der Waals surface area contributed by atoms with Crippen molar-refractivity contribution in [2.45, 2.75) is 13.0 Å². The Kier molecular flexibility index (Phi) is 9.71. The molecule has 0 amide bonds. The number of nitrogens with one attached hydrogen (secondary N) is 1. The van der Waals surface area contributed by atoms with Gasteiger partial charge in [-0.05, 0) is 65.6 Å². The van der Waals surface area contributed by atoms with Gasteiger partial charge in [-0.2, -0.15) is 0 Å². The van der Waals surface area contributed by atoms with Gasteiger partial charge in [-0.3, -0.25) is 19.5 Å². The third-order valence-electron chi connectivity index (χ3n) is 6.70. The van der Waals surface area contributed by atoms with Gasteiger partial charge in [0.1, 0.15) is 24.7 Å². The number of allylic oxidation sites excluding steroid dienone is 2. The van der Waals surface area contributed by atoms with E-state index in [0.29, 0.717) is 24.7 Å². The van der Waals surface area contributed by atoms with Crippen molar-refractivity contribution < 1.29 is 23.8 Å². The lowest BCUT2D eigenvalue weighted by Crippen LogP contribution is -2.38. The van der Waals surface area contributed by atoms with Gasteiger partial charge in [-0.25, -0.2) is 0 Å². The molecule has 8 nitrogen and oxygen atoms in total. The number of rotatable bonds is 13. The molecule has 3 heterocycles. The van der Waals surface area contributed by atoms with Crippen LogP contribution < -0.4 is 9.47 Å². The largest absolute Gasteiger partial charge is 0.491 e. The Morgan fingerprint density at radius 3 is 2.63 bits per heavy atom. The Hall–Kier alpha value is -4.53. The van der Waals surface area contributed by atoms with Crippen molar-refractivity contribution in [1.29, 1.82) is 0 Å². The molecule has 4 aromatic rings. The second kappa shape index (κ2) is 14.2. The van der Waals surface area contributed by atoms with Gasteiger partial charge in [-0.15, -0.1) is 0 Å². The Labute approximate surface area is 239 Å². The number of ether oxygens (including phenoxy) is 3. The van der Waals surface area contributed by atoms with Crippen molar-refractivity contribution >= 4 is 34.6 Å². The van der Waals surface area contributed by atoms with Gasteiger partial charge in [0.2, 0.25) is 0 Å². The lowest BCUT2D eigenvalue weighted by molar-refractivity contribution is -0.121. The molecular formula is C33H33N3O5. The summed E-state index contributed by atoms with van der Waals surface area (Å²) in [6.07, 6.45) is 9.67. The summed E-state index contributed by atoms with van der Waals surface area (Å²) in [6, 6.07) is 19.1. The minimum absolute atomic E-state index is 0.212. The molecule has 210 valence electrons. The molecule has 5 rings (SSSR count). The molecule has 2 aromatic carbocycles. The number of aromatic amines is 1. The number of carbonyl (C=O) groups excluding carboxylic acids is 2. The molecule has 0 saturated carbocycles. The van der Waals surface area contributed by atoms with Gasteiger partial charge >= 0.3 is 0 Å². The van der Waals surface area contributed by atoms with E-state index in [2.05, 4.69) is 14.9 Å². The predicted molar refractivity (Wildman–Crippen MR) is 159 cm³/mol. The van der Waals surface area contributed by atoms with Crippen molar-refractivity contribution in [1.82, 2.24) is 14.9 Å². The third-order valence-corrected chi connectivity index (χ3v) is 6.70. The second-order valence-electron chi connectivity index (χ2n) is 9.71. The first-order chi connectivity index (χ1) is 20.1. The van der Waals surface area contributed by atoms with E-state index in [1.807, 2.05) is 66.9 Å².